The number of aromatic nitrogens is 1. The molecule has 0 atom stereocenters. The molecule has 2 amide bonds. The lowest BCUT2D eigenvalue weighted by Gasteiger charge is -2.05. The number of nitrogens with zero attached hydrogens (tertiary/aromatic N) is 1. The summed E-state index contributed by atoms with van der Waals surface area (Å²) < 4.78 is 4.98. The summed E-state index contributed by atoms with van der Waals surface area (Å²) in [7, 11) is 0. The molecule has 0 unspecified atom stereocenters. The molecule has 0 aliphatic carbocycles. The number of nitrogens with one attached hydrogen (secondary N) is 1. The highest BCUT2D eigenvalue weighted by Crippen LogP contribution is 1.99. The Kier molecular flexibility index (Phi) is 5.75. The molecule has 0 spiro atoms. The fourth-order valence-electron chi connectivity index (χ4n) is 1.18. The minimum Gasteiger partial charge on any atom is -0.394 e. The van der Waals surface area contributed by atoms with Crippen LogP contribution in [-0.2, 0) is 4.74 Å². The Morgan fingerprint density at radius 2 is 2.17 bits per heavy atom. The predicted molar refractivity (Wildman–Crippen MR) is 63.0 cm³/mol. The number of ether oxygens (including phenoxy) is 1. The van der Waals surface area contributed by atoms with Crippen LogP contribution in [0, 0.1) is 0 Å². The monoisotopic (exact) mass is 253 g/mol. The number of pyridine rings is 1. The summed E-state index contributed by atoms with van der Waals surface area (Å²) in [6.07, 6.45) is 1.28. The van der Waals surface area contributed by atoms with Crippen molar-refractivity contribution in [2.75, 3.05) is 26.4 Å². The molecule has 0 saturated carbocycles. The Bertz CT molecular complexity index is 405. The SMILES string of the molecule is NC(=O)c1ccc(C(=O)NCCOCCO)cn1. The summed E-state index contributed by atoms with van der Waals surface area (Å²) >= 11 is 0. The van der Waals surface area contributed by atoms with E-state index in [1.165, 1.54) is 18.3 Å². The van der Waals surface area contributed by atoms with Crippen molar-refractivity contribution in [3.8, 4) is 0 Å². The molecule has 4 N–H and O–H groups in total. The van der Waals surface area contributed by atoms with E-state index in [9.17, 15) is 9.59 Å². The fraction of sp³-hybridized carbons (Fsp3) is 0.364. The zero-order chi connectivity index (χ0) is 13.4. The van der Waals surface area contributed by atoms with Gasteiger partial charge in [-0.2, -0.15) is 0 Å². The summed E-state index contributed by atoms with van der Waals surface area (Å²) in [4.78, 5) is 26.1. The summed E-state index contributed by atoms with van der Waals surface area (Å²) in [5, 5.41) is 11.1. The molecule has 0 aromatic carbocycles. The Hall–Kier alpha value is -1.99. The van der Waals surface area contributed by atoms with E-state index in [0.717, 1.165) is 0 Å². The molecule has 0 saturated heterocycles. The number of carbonyl (C=O) groups is 2. The second-order valence-corrected chi connectivity index (χ2v) is 3.39. The number of aliphatic hydroxyl groups is 1. The Morgan fingerprint density at radius 1 is 1.39 bits per heavy atom. The minimum absolute atomic E-state index is 0.0492. The number of amides is 2. The highest BCUT2D eigenvalue weighted by molar-refractivity contribution is 5.95. The lowest BCUT2D eigenvalue weighted by Crippen LogP contribution is -2.27. The Balaban J connectivity index is 2.39. The van der Waals surface area contributed by atoms with Gasteiger partial charge in [0.15, 0.2) is 0 Å². The summed E-state index contributed by atoms with van der Waals surface area (Å²) in [6.45, 7) is 0.840. The van der Waals surface area contributed by atoms with Crippen molar-refractivity contribution in [3.05, 3.63) is 29.6 Å². The minimum atomic E-state index is -0.639. The second-order valence-electron chi connectivity index (χ2n) is 3.39. The van der Waals surface area contributed by atoms with Crippen LogP contribution in [0.3, 0.4) is 0 Å². The summed E-state index contributed by atoms with van der Waals surface area (Å²) in [5.74, 6) is -0.953. The van der Waals surface area contributed by atoms with Crippen LogP contribution >= 0.6 is 0 Å². The van der Waals surface area contributed by atoms with E-state index in [1.807, 2.05) is 0 Å². The first-order valence-electron chi connectivity index (χ1n) is 5.38. The number of nitrogens with two attached hydrogens (primary N) is 1. The van der Waals surface area contributed by atoms with Crippen molar-refractivity contribution < 1.29 is 19.4 Å². The smallest absolute Gasteiger partial charge is 0.267 e. The van der Waals surface area contributed by atoms with E-state index >= 15 is 0 Å². The molecule has 0 aliphatic rings. The summed E-state index contributed by atoms with van der Waals surface area (Å²) in [6, 6.07) is 2.86. The van der Waals surface area contributed by atoms with Gasteiger partial charge < -0.3 is 20.9 Å². The maximum Gasteiger partial charge on any atom is 0.267 e. The van der Waals surface area contributed by atoms with E-state index < -0.39 is 5.91 Å². The number of hydrogen-bond donors (Lipinski definition) is 3. The van der Waals surface area contributed by atoms with Gasteiger partial charge in [0.2, 0.25) is 0 Å². The highest BCUT2D eigenvalue weighted by atomic mass is 16.5. The van der Waals surface area contributed by atoms with Crippen LogP contribution in [0.4, 0.5) is 0 Å². The fourth-order valence-corrected chi connectivity index (χ4v) is 1.18. The molecule has 0 fully saturated rings. The van der Waals surface area contributed by atoms with E-state index in [4.69, 9.17) is 15.6 Å². The Morgan fingerprint density at radius 3 is 2.72 bits per heavy atom. The quantitative estimate of drug-likeness (QED) is 0.535. The molecule has 1 rings (SSSR count). The average Bonchev–Trinajstić information content (AvgIpc) is 2.38. The van der Waals surface area contributed by atoms with E-state index in [2.05, 4.69) is 10.3 Å². The van der Waals surface area contributed by atoms with Gasteiger partial charge in [0.05, 0.1) is 25.4 Å². The number of primary amides is 1. The van der Waals surface area contributed by atoms with Gasteiger partial charge in [-0.25, -0.2) is 0 Å². The standard InChI is InChI=1S/C11H15N3O4/c12-10(16)9-2-1-8(7-14-9)11(17)13-3-5-18-6-4-15/h1-2,7,15H,3-6H2,(H2,12,16)(H,13,17). The molecule has 18 heavy (non-hydrogen) atoms. The number of hydrogen-bond acceptors (Lipinski definition) is 5. The van der Waals surface area contributed by atoms with E-state index in [-0.39, 0.29) is 24.8 Å². The molecule has 1 heterocycles. The molecule has 1 aromatic heterocycles. The van der Waals surface area contributed by atoms with Crippen LogP contribution in [0.15, 0.2) is 18.3 Å². The van der Waals surface area contributed by atoms with Crippen molar-refractivity contribution in [1.29, 1.82) is 0 Å². The van der Waals surface area contributed by atoms with Gasteiger partial charge in [-0.05, 0) is 12.1 Å². The van der Waals surface area contributed by atoms with Crippen molar-refractivity contribution in [2.24, 2.45) is 5.73 Å². The first-order valence-corrected chi connectivity index (χ1v) is 5.38. The maximum absolute atomic E-state index is 11.6. The number of carbonyl (C=O) groups excluding carboxylic acids is 2. The molecule has 0 aliphatic heterocycles. The van der Waals surface area contributed by atoms with Crippen molar-refractivity contribution in [1.82, 2.24) is 10.3 Å². The van der Waals surface area contributed by atoms with E-state index in [1.54, 1.807) is 0 Å². The van der Waals surface area contributed by atoms with Crippen LogP contribution in [0.2, 0.25) is 0 Å². The largest absolute Gasteiger partial charge is 0.394 e. The third-order valence-corrected chi connectivity index (χ3v) is 2.05. The number of aliphatic hydroxyl groups excluding tert-OH is 1. The van der Waals surface area contributed by atoms with E-state index in [0.29, 0.717) is 18.7 Å². The third kappa shape index (κ3) is 4.48. The van der Waals surface area contributed by atoms with Gasteiger partial charge in [0.25, 0.3) is 11.8 Å². The first kappa shape index (κ1) is 14.1. The van der Waals surface area contributed by atoms with Crippen molar-refractivity contribution in [2.45, 2.75) is 0 Å². The van der Waals surface area contributed by atoms with Gasteiger partial charge >= 0.3 is 0 Å². The highest BCUT2D eigenvalue weighted by Gasteiger charge is 2.07. The van der Waals surface area contributed by atoms with Crippen LogP contribution in [0.1, 0.15) is 20.8 Å². The van der Waals surface area contributed by atoms with Crippen LogP contribution in [-0.4, -0.2) is 48.3 Å². The van der Waals surface area contributed by atoms with Gasteiger partial charge in [0.1, 0.15) is 5.69 Å². The summed E-state index contributed by atoms with van der Waals surface area (Å²) in [5.41, 5.74) is 5.47. The number of rotatable bonds is 7. The molecule has 0 radical (unpaired) electrons. The third-order valence-electron chi connectivity index (χ3n) is 2.05. The molecular weight excluding hydrogens is 238 g/mol. The molecule has 0 bridgehead atoms. The van der Waals surface area contributed by atoms with Crippen molar-refractivity contribution >= 4 is 11.8 Å². The first-order chi connectivity index (χ1) is 8.65. The molecule has 98 valence electrons. The molecule has 7 nitrogen and oxygen atoms in total. The molecule has 7 heteroatoms. The molecular formula is C11H15N3O4. The predicted octanol–water partition coefficient (Wildman–Crippen LogP) is -1.08. The zero-order valence-corrected chi connectivity index (χ0v) is 9.76. The van der Waals surface area contributed by atoms with Crippen molar-refractivity contribution in [3.63, 3.8) is 0 Å². The second kappa shape index (κ2) is 7.36. The lowest BCUT2D eigenvalue weighted by atomic mass is 10.2. The normalized spacial score (nSPS) is 10.1. The van der Waals surface area contributed by atoms with Gasteiger partial charge in [-0.15, -0.1) is 0 Å². The van der Waals surface area contributed by atoms with Crippen LogP contribution in [0.5, 0.6) is 0 Å². The topological polar surface area (TPSA) is 115 Å². The Labute approximate surface area is 104 Å². The maximum atomic E-state index is 11.6. The molecule has 1 aromatic rings. The van der Waals surface area contributed by atoms with Gasteiger partial charge in [0, 0.05) is 12.7 Å². The van der Waals surface area contributed by atoms with Gasteiger partial charge in [-0.3, -0.25) is 14.6 Å². The average molecular weight is 253 g/mol. The zero-order valence-electron chi connectivity index (χ0n) is 9.76. The lowest BCUT2D eigenvalue weighted by molar-refractivity contribution is 0.0837. The van der Waals surface area contributed by atoms with Crippen LogP contribution < -0.4 is 11.1 Å². The van der Waals surface area contributed by atoms with Gasteiger partial charge in [-0.1, -0.05) is 0 Å². The van der Waals surface area contributed by atoms with Crippen LogP contribution in [0.25, 0.3) is 0 Å².